The molecular weight excluding hydrogens is 302 g/mol. The average Bonchev–Trinajstić information content (AvgIpc) is 2.62. The molecule has 1 N–H and O–H groups in total. The van der Waals surface area contributed by atoms with E-state index in [1.165, 1.54) is 11.1 Å². The number of nitrogens with zero attached hydrogens (tertiary/aromatic N) is 2. The van der Waals surface area contributed by atoms with E-state index in [1.807, 2.05) is 0 Å². The van der Waals surface area contributed by atoms with Crippen molar-refractivity contribution in [2.75, 3.05) is 26.4 Å². The summed E-state index contributed by atoms with van der Waals surface area (Å²) in [5, 5.41) is 4.21. The lowest BCUT2D eigenvalue weighted by Crippen LogP contribution is -2.56. The quantitative estimate of drug-likeness (QED) is 0.823. The van der Waals surface area contributed by atoms with Gasteiger partial charge < -0.3 is 10.2 Å². The van der Waals surface area contributed by atoms with E-state index in [1.54, 1.807) is 0 Å². The largest absolute Gasteiger partial charge is 0.350 e. The molecule has 0 aromatic heterocycles. The molecule has 0 unspecified atom stereocenters. The highest BCUT2D eigenvalue weighted by Crippen LogP contribution is 2.08. The fourth-order valence-corrected chi connectivity index (χ4v) is 3.02. The number of hydrogen-bond donors (Lipinski definition) is 1. The van der Waals surface area contributed by atoms with Gasteiger partial charge in [0.2, 0.25) is 0 Å². The molecule has 4 heteroatoms. The Balaban J connectivity index is 1.49. The van der Waals surface area contributed by atoms with Gasteiger partial charge in [-0.05, 0) is 36.2 Å². The molecule has 23 heavy (non-hydrogen) atoms. The summed E-state index contributed by atoms with van der Waals surface area (Å²) in [5.74, 6) is 0. The van der Waals surface area contributed by atoms with Crippen molar-refractivity contribution in [3.8, 4) is 0 Å². The molecule has 0 radical (unpaired) electrons. The van der Waals surface area contributed by atoms with Gasteiger partial charge >= 0.3 is 0 Å². The van der Waals surface area contributed by atoms with Crippen LogP contribution in [-0.4, -0.2) is 41.3 Å². The van der Waals surface area contributed by atoms with Crippen LogP contribution in [0.25, 0.3) is 0 Å². The molecule has 0 bridgehead atoms. The van der Waals surface area contributed by atoms with E-state index in [9.17, 15) is 0 Å². The maximum atomic E-state index is 5.46. The van der Waals surface area contributed by atoms with Gasteiger partial charge in [0.15, 0.2) is 5.11 Å². The summed E-state index contributed by atoms with van der Waals surface area (Å²) in [7, 11) is 0. The Morgan fingerprint density at radius 2 is 1.39 bits per heavy atom. The maximum absolute atomic E-state index is 5.46. The molecule has 0 spiro atoms. The second kappa shape index (κ2) is 8.09. The van der Waals surface area contributed by atoms with Crippen molar-refractivity contribution in [3.63, 3.8) is 0 Å². The Bertz CT molecular complexity index is 615. The lowest BCUT2D eigenvalue weighted by atomic mass is 10.1. The molecule has 1 fully saturated rings. The Kier molecular flexibility index (Phi) is 5.61. The Morgan fingerprint density at radius 3 is 2.00 bits per heavy atom. The average molecular weight is 325 g/mol. The molecule has 1 saturated heterocycles. The fourth-order valence-electron chi connectivity index (χ4n) is 2.81. The minimum absolute atomic E-state index is 0.841. The van der Waals surface area contributed by atoms with Gasteiger partial charge in [0.25, 0.3) is 0 Å². The molecule has 1 aliphatic rings. The first-order valence-electron chi connectivity index (χ1n) is 8.14. The third-order valence-corrected chi connectivity index (χ3v) is 4.59. The summed E-state index contributed by atoms with van der Waals surface area (Å²) >= 11 is 5.46. The number of thiocarbonyl (C=S) groups is 1. The van der Waals surface area contributed by atoms with Crippen LogP contribution in [0.2, 0.25) is 0 Å². The molecule has 120 valence electrons. The SMILES string of the molecule is S=C1NCN(CCc2ccccc2)CN1CCc1ccccc1. The monoisotopic (exact) mass is 325 g/mol. The molecule has 0 amide bonds. The zero-order chi connectivity index (χ0) is 15.9. The maximum Gasteiger partial charge on any atom is 0.171 e. The van der Waals surface area contributed by atoms with Crippen LogP contribution in [0.3, 0.4) is 0 Å². The van der Waals surface area contributed by atoms with Crippen LogP contribution >= 0.6 is 12.2 Å². The first-order valence-corrected chi connectivity index (χ1v) is 8.55. The number of benzene rings is 2. The minimum atomic E-state index is 0.841. The van der Waals surface area contributed by atoms with Crippen LogP contribution in [0, 0.1) is 0 Å². The summed E-state index contributed by atoms with van der Waals surface area (Å²) < 4.78 is 0. The van der Waals surface area contributed by atoms with Crippen molar-refractivity contribution in [2.45, 2.75) is 12.8 Å². The van der Waals surface area contributed by atoms with Crippen LogP contribution in [-0.2, 0) is 12.8 Å². The van der Waals surface area contributed by atoms with Gasteiger partial charge in [-0.2, -0.15) is 0 Å². The third kappa shape index (κ3) is 4.78. The first kappa shape index (κ1) is 16.0. The van der Waals surface area contributed by atoms with E-state index in [2.05, 4.69) is 75.8 Å². The Labute approximate surface area is 143 Å². The molecule has 2 aromatic rings. The molecule has 3 rings (SSSR count). The van der Waals surface area contributed by atoms with Gasteiger partial charge in [-0.25, -0.2) is 0 Å². The molecule has 1 aliphatic heterocycles. The van der Waals surface area contributed by atoms with E-state index in [0.29, 0.717) is 0 Å². The van der Waals surface area contributed by atoms with E-state index >= 15 is 0 Å². The highest BCUT2D eigenvalue weighted by molar-refractivity contribution is 7.80. The standard InChI is InChI=1S/C19H23N3S/c23-19-20-15-21(13-11-17-7-3-1-4-8-17)16-22(19)14-12-18-9-5-2-6-10-18/h1-10H,11-16H2,(H,20,23). The molecule has 0 saturated carbocycles. The van der Waals surface area contributed by atoms with Gasteiger partial charge in [0.1, 0.15) is 0 Å². The predicted molar refractivity (Wildman–Crippen MR) is 99.2 cm³/mol. The fraction of sp³-hybridized carbons (Fsp3) is 0.316. The zero-order valence-corrected chi connectivity index (χ0v) is 14.1. The van der Waals surface area contributed by atoms with Crippen LogP contribution in [0.15, 0.2) is 60.7 Å². The van der Waals surface area contributed by atoms with Crippen molar-refractivity contribution in [3.05, 3.63) is 71.8 Å². The Hall–Kier alpha value is -1.91. The summed E-state index contributed by atoms with van der Waals surface area (Å²) in [5.41, 5.74) is 2.74. The van der Waals surface area contributed by atoms with E-state index in [0.717, 1.165) is 44.4 Å². The molecule has 2 aromatic carbocycles. The molecule has 1 heterocycles. The summed E-state index contributed by atoms with van der Waals surface area (Å²) in [6.45, 7) is 3.75. The second-order valence-corrected chi connectivity index (χ2v) is 6.30. The van der Waals surface area contributed by atoms with E-state index in [4.69, 9.17) is 12.2 Å². The summed E-state index contributed by atoms with van der Waals surface area (Å²) in [4.78, 5) is 4.67. The van der Waals surface area contributed by atoms with E-state index < -0.39 is 0 Å². The van der Waals surface area contributed by atoms with Crippen LogP contribution in [0.1, 0.15) is 11.1 Å². The lowest BCUT2D eigenvalue weighted by molar-refractivity contribution is 0.156. The smallest absolute Gasteiger partial charge is 0.171 e. The normalized spacial score (nSPS) is 15.5. The highest BCUT2D eigenvalue weighted by atomic mass is 32.1. The highest BCUT2D eigenvalue weighted by Gasteiger charge is 2.19. The summed E-state index contributed by atoms with van der Waals surface area (Å²) in [6.07, 6.45) is 2.09. The number of nitrogens with one attached hydrogen (secondary N) is 1. The molecule has 0 aliphatic carbocycles. The Morgan fingerprint density at radius 1 is 0.826 bits per heavy atom. The third-order valence-electron chi connectivity index (χ3n) is 4.18. The molecular formula is C19H23N3S. The minimum Gasteiger partial charge on any atom is -0.350 e. The van der Waals surface area contributed by atoms with Gasteiger partial charge in [-0.1, -0.05) is 60.7 Å². The van der Waals surface area contributed by atoms with Crippen LogP contribution in [0.5, 0.6) is 0 Å². The van der Waals surface area contributed by atoms with Crippen LogP contribution in [0.4, 0.5) is 0 Å². The van der Waals surface area contributed by atoms with Crippen molar-refractivity contribution < 1.29 is 0 Å². The first-order chi connectivity index (χ1) is 11.3. The predicted octanol–water partition coefficient (Wildman–Crippen LogP) is 2.88. The number of rotatable bonds is 6. The second-order valence-electron chi connectivity index (χ2n) is 5.91. The van der Waals surface area contributed by atoms with Crippen molar-refractivity contribution in [1.29, 1.82) is 0 Å². The van der Waals surface area contributed by atoms with Gasteiger partial charge in [0.05, 0.1) is 13.3 Å². The van der Waals surface area contributed by atoms with Crippen molar-refractivity contribution in [1.82, 2.24) is 15.1 Å². The van der Waals surface area contributed by atoms with E-state index in [-0.39, 0.29) is 0 Å². The van der Waals surface area contributed by atoms with Gasteiger partial charge in [-0.15, -0.1) is 0 Å². The van der Waals surface area contributed by atoms with Crippen LogP contribution < -0.4 is 5.32 Å². The molecule has 3 nitrogen and oxygen atoms in total. The topological polar surface area (TPSA) is 18.5 Å². The zero-order valence-electron chi connectivity index (χ0n) is 13.3. The van der Waals surface area contributed by atoms with Gasteiger partial charge in [-0.3, -0.25) is 4.90 Å². The molecule has 0 atom stereocenters. The lowest BCUT2D eigenvalue weighted by Gasteiger charge is -2.38. The van der Waals surface area contributed by atoms with Crippen molar-refractivity contribution in [2.24, 2.45) is 0 Å². The van der Waals surface area contributed by atoms with Crippen molar-refractivity contribution >= 4 is 17.3 Å². The summed E-state index contributed by atoms with van der Waals surface area (Å²) in [6, 6.07) is 21.2. The number of hydrogen-bond acceptors (Lipinski definition) is 2. The van der Waals surface area contributed by atoms with Gasteiger partial charge in [0, 0.05) is 13.1 Å².